The number of hydrogen-bond acceptors (Lipinski definition) is 4. The lowest BCUT2D eigenvalue weighted by Crippen LogP contribution is -2.38. The molecule has 0 amide bonds. The minimum Gasteiger partial charge on any atom is -0.473 e. The molecule has 0 aromatic heterocycles. The maximum atomic E-state index is 11.3. The number of esters is 1. The van der Waals surface area contributed by atoms with Crippen molar-refractivity contribution in [3.8, 4) is 5.75 Å². The number of benzene rings is 1. The van der Waals surface area contributed by atoms with Crippen molar-refractivity contribution in [2.45, 2.75) is 6.10 Å². The van der Waals surface area contributed by atoms with Gasteiger partial charge >= 0.3 is 5.97 Å². The Morgan fingerprint density at radius 3 is 3.20 bits per heavy atom. The van der Waals surface area contributed by atoms with E-state index in [1.54, 1.807) is 0 Å². The molecule has 4 nitrogen and oxygen atoms in total. The third-order valence-corrected chi connectivity index (χ3v) is 2.79. The standard InChI is InChI=1S/C10H10BrNO3/c1-14-10(13)8-5-12-7-4-2-3-6(11)9(7)15-8/h2-4,8,12H,5H2,1H3. The number of anilines is 1. The molecule has 15 heavy (non-hydrogen) atoms. The quantitative estimate of drug-likeness (QED) is 0.792. The van der Waals surface area contributed by atoms with Gasteiger partial charge in [0, 0.05) is 0 Å². The number of fused-ring (bicyclic) bond motifs is 1. The first-order valence-electron chi connectivity index (χ1n) is 4.49. The topological polar surface area (TPSA) is 47.6 Å². The van der Waals surface area contributed by atoms with Crippen molar-refractivity contribution in [1.82, 2.24) is 0 Å². The molecule has 0 fully saturated rings. The Hall–Kier alpha value is -1.23. The van der Waals surface area contributed by atoms with E-state index in [9.17, 15) is 4.79 Å². The van der Waals surface area contributed by atoms with Crippen molar-refractivity contribution in [2.24, 2.45) is 0 Å². The van der Waals surface area contributed by atoms with Crippen LogP contribution in [0.2, 0.25) is 0 Å². The van der Waals surface area contributed by atoms with E-state index in [1.165, 1.54) is 7.11 Å². The summed E-state index contributed by atoms with van der Waals surface area (Å²) < 4.78 is 11.0. The Bertz CT molecular complexity index is 394. The molecule has 1 aromatic carbocycles. The zero-order chi connectivity index (χ0) is 10.8. The fourth-order valence-electron chi connectivity index (χ4n) is 1.42. The smallest absolute Gasteiger partial charge is 0.348 e. The average molecular weight is 272 g/mol. The predicted octanol–water partition coefficient (Wildman–Crippen LogP) is 1.79. The van der Waals surface area contributed by atoms with Crippen LogP contribution < -0.4 is 10.1 Å². The Labute approximate surface area is 95.7 Å². The highest BCUT2D eigenvalue weighted by atomic mass is 79.9. The Morgan fingerprint density at radius 1 is 1.67 bits per heavy atom. The van der Waals surface area contributed by atoms with Crippen molar-refractivity contribution in [1.29, 1.82) is 0 Å². The molecule has 1 unspecified atom stereocenters. The molecule has 0 radical (unpaired) electrons. The summed E-state index contributed by atoms with van der Waals surface area (Å²) in [4.78, 5) is 11.3. The summed E-state index contributed by atoms with van der Waals surface area (Å²) in [6, 6.07) is 5.66. The van der Waals surface area contributed by atoms with Crippen LogP contribution in [0.4, 0.5) is 5.69 Å². The van der Waals surface area contributed by atoms with Crippen LogP contribution in [0.1, 0.15) is 0 Å². The molecule has 5 heteroatoms. The van der Waals surface area contributed by atoms with E-state index in [1.807, 2.05) is 18.2 Å². The third kappa shape index (κ3) is 1.92. The minimum absolute atomic E-state index is 0.371. The summed E-state index contributed by atoms with van der Waals surface area (Å²) in [6.45, 7) is 0.427. The van der Waals surface area contributed by atoms with Crippen LogP contribution in [0, 0.1) is 0 Å². The highest BCUT2D eigenvalue weighted by Gasteiger charge is 2.27. The first-order chi connectivity index (χ1) is 7.22. The van der Waals surface area contributed by atoms with Crippen LogP contribution >= 0.6 is 15.9 Å². The Kier molecular flexibility index (Phi) is 2.81. The van der Waals surface area contributed by atoms with Gasteiger partial charge in [-0.2, -0.15) is 0 Å². The zero-order valence-electron chi connectivity index (χ0n) is 8.12. The summed E-state index contributed by atoms with van der Waals surface area (Å²) in [5.41, 5.74) is 0.879. The van der Waals surface area contributed by atoms with Crippen LogP contribution in [-0.4, -0.2) is 25.7 Å². The van der Waals surface area contributed by atoms with Crippen LogP contribution in [0.5, 0.6) is 5.75 Å². The summed E-state index contributed by atoms with van der Waals surface area (Å²) in [6.07, 6.45) is -0.582. The monoisotopic (exact) mass is 271 g/mol. The SMILES string of the molecule is COC(=O)C1CNc2cccc(Br)c2O1. The molecule has 1 aliphatic rings. The molecule has 2 rings (SSSR count). The molecule has 1 atom stereocenters. The molecule has 80 valence electrons. The number of halogens is 1. The van der Waals surface area contributed by atoms with Crippen LogP contribution in [0.3, 0.4) is 0 Å². The van der Waals surface area contributed by atoms with Crippen molar-refractivity contribution in [3.63, 3.8) is 0 Å². The number of hydrogen-bond donors (Lipinski definition) is 1. The number of ether oxygens (including phenoxy) is 2. The van der Waals surface area contributed by atoms with Gasteiger partial charge in [0.2, 0.25) is 6.10 Å². The fourth-order valence-corrected chi connectivity index (χ4v) is 1.88. The van der Waals surface area contributed by atoms with Gasteiger partial charge in [-0.25, -0.2) is 4.79 Å². The van der Waals surface area contributed by atoms with Gasteiger partial charge in [0.25, 0.3) is 0 Å². The van der Waals surface area contributed by atoms with Crippen molar-refractivity contribution >= 4 is 27.6 Å². The molecule has 0 saturated carbocycles. The maximum absolute atomic E-state index is 11.3. The lowest BCUT2D eigenvalue weighted by Gasteiger charge is -2.26. The second kappa shape index (κ2) is 4.10. The third-order valence-electron chi connectivity index (χ3n) is 2.17. The van der Waals surface area contributed by atoms with Gasteiger partial charge in [0.1, 0.15) is 0 Å². The van der Waals surface area contributed by atoms with Crippen molar-refractivity contribution in [2.75, 3.05) is 19.0 Å². The van der Waals surface area contributed by atoms with E-state index in [2.05, 4.69) is 26.0 Å². The maximum Gasteiger partial charge on any atom is 0.348 e. The first kappa shape index (κ1) is 10.3. The van der Waals surface area contributed by atoms with E-state index in [4.69, 9.17) is 4.74 Å². The molecule has 1 heterocycles. The summed E-state index contributed by atoms with van der Waals surface area (Å²) >= 11 is 3.36. The average Bonchev–Trinajstić information content (AvgIpc) is 2.28. The molecule has 0 bridgehead atoms. The van der Waals surface area contributed by atoms with E-state index in [0.29, 0.717) is 12.3 Å². The number of methoxy groups -OCH3 is 1. The van der Waals surface area contributed by atoms with E-state index < -0.39 is 6.10 Å². The second-order valence-corrected chi connectivity index (χ2v) is 3.98. The molecule has 1 N–H and O–H groups in total. The Morgan fingerprint density at radius 2 is 2.47 bits per heavy atom. The van der Waals surface area contributed by atoms with Gasteiger partial charge in [0.15, 0.2) is 5.75 Å². The largest absolute Gasteiger partial charge is 0.473 e. The van der Waals surface area contributed by atoms with Gasteiger partial charge < -0.3 is 14.8 Å². The van der Waals surface area contributed by atoms with Crippen molar-refractivity contribution in [3.05, 3.63) is 22.7 Å². The number of nitrogens with one attached hydrogen (secondary N) is 1. The van der Waals surface area contributed by atoms with Gasteiger partial charge in [-0.3, -0.25) is 0 Å². The number of rotatable bonds is 1. The minimum atomic E-state index is -0.582. The molecule has 1 aromatic rings. The van der Waals surface area contributed by atoms with Crippen LogP contribution in [0.25, 0.3) is 0 Å². The number of carbonyl (C=O) groups is 1. The molecular formula is C10H10BrNO3. The molecule has 0 aliphatic carbocycles. The van der Waals surface area contributed by atoms with E-state index in [-0.39, 0.29) is 5.97 Å². The molecular weight excluding hydrogens is 262 g/mol. The lowest BCUT2D eigenvalue weighted by atomic mass is 10.2. The predicted molar refractivity (Wildman–Crippen MR) is 59.1 cm³/mol. The van der Waals surface area contributed by atoms with Gasteiger partial charge in [-0.1, -0.05) is 6.07 Å². The molecule has 1 aliphatic heterocycles. The lowest BCUT2D eigenvalue weighted by molar-refractivity contribution is -0.148. The number of carbonyl (C=O) groups excluding carboxylic acids is 1. The second-order valence-electron chi connectivity index (χ2n) is 3.13. The van der Waals surface area contributed by atoms with Gasteiger partial charge in [-0.05, 0) is 28.1 Å². The van der Waals surface area contributed by atoms with E-state index in [0.717, 1.165) is 10.2 Å². The van der Waals surface area contributed by atoms with Crippen LogP contribution in [0.15, 0.2) is 22.7 Å². The number of para-hydroxylation sites is 1. The Balaban J connectivity index is 2.26. The summed E-state index contributed by atoms with van der Waals surface area (Å²) in [5.74, 6) is 0.281. The highest BCUT2D eigenvalue weighted by molar-refractivity contribution is 9.10. The fraction of sp³-hybridized carbons (Fsp3) is 0.300. The summed E-state index contributed by atoms with van der Waals surface area (Å²) in [7, 11) is 1.35. The first-order valence-corrected chi connectivity index (χ1v) is 5.28. The molecule has 0 saturated heterocycles. The molecule has 0 spiro atoms. The summed E-state index contributed by atoms with van der Waals surface area (Å²) in [5, 5.41) is 3.11. The normalized spacial score (nSPS) is 18.4. The van der Waals surface area contributed by atoms with Crippen LogP contribution in [-0.2, 0) is 9.53 Å². The van der Waals surface area contributed by atoms with Gasteiger partial charge in [-0.15, -0.1) is 0 Å². The van der Waals surface area contributed by atoms with E-state index >= 15 is 0 Å². The zero-order valence-corrected chi connectivity index (χ0v) is 9.71. The van der Waals surface area contributed by atoms with Crippen molar-refractivity contribution < 1.29 is 14.3 Å². The van der Waals surface area contributed by atoms with Gasteiger partial charge in [0.05, 0.1) is 23.8 Å². The highest BCUT2D eigenvalue weighted by Crippen LogP contribution is 2.36.